The van der Waals surface area contributed by atoms with E-state index in [1.54, 1.807) is 36.7 Å². The van der Waals surface area contributed by atoms with E-state index in [1.165, 1.54) is 6.07 Å². The third-order valence-corrected chi connectivity index (χ3v) is 10.1. The molecular weight excluding hydrogens is 555 g/mol. The molecule has 3 aliphatic rings. The van der Waals surface area contributed by atoms with Crippen molar-refractivity contribution in [2.45, 2.75) is 45.1 Å². The topological polar surface area (TPSA) is 118 Å². The molecule has 2 aromatic heterocycles. The summed E-state index contributed by atoms with van der Waals surface area (Å²) in [5.74, 6) is 0.866. The predicted octanol–water partition coefficient (Wildman–Crippen LogP) is 5.64. The standard InChI is InChI=1S/C31H33FN6O3S/c1-19-6-7-22-23(8-9-25(32)27(22)38-42(39,40)18-20-16-31(20)11-12-31)28(19)41-29-24(5-3-14-34-29)26-10-15-35-30(37-26)36-21-4-2-13-33-17-21/h3,5-10,14-15,20-21,33,38H,2,4,11-13,16-18H2,1H3,(H,35,36,37)/t20-,21?/m0/s1. The maximum absolute atomic E-state index is 15.1. The number of hydrogen-bond donors (Lipinski definition) is 3. The van der Waals surface area contributed by atoms with Crippen molar-refractivity contribution < 1.29 is 17.5 Å². The van der Waals surface area contributed by atoms with Gasteiger partial charge in [0.15, 0.2) is 0 Å². The van der Waals surface area contributed by atoms with Crippen LogP contribution in [0.4, 0.5) is 16.0 Å². The average Bonchev–Trinajstić information content (AvgIpc) is 3.90. The molecule has 2 aromatic carbocycles. The number of piperidine rings is 1. The maximum atomic E-state index is 15.1. The summed E-state index contributed by atoms with van der Waals surface area (Å²) in [5, 5.41) is 7.79. The Morgan fingerprint density at radius 2 is 1.95 bits per heavy atom. The zero-order chi connectivity index (χ0) is 28.9. The summed E-state index contributed by atoms with van der Waals surface area (Å²) < 4.78 is 50.1. The van der Waals surface area contributed by atoms with Crippen LogP contribution < -0.4 is 20.1 Å². The van der Waals surface area contributed by atoms with E-state index in [4.69, 9.17) is 9.72 Å². The van der Waals surface area contributed by atoms with E-state index >= 15 is 4.39 Å². The first-order valence-electron chi connectivity index (χ1n) is 14.5. The Kier molecular flexibility index (Phi) is 6.73. The van der Waals surface area contributed by atoms with Gasteiger partial charge >= 0.3 is 0 Å². The molecule has 42 heavy (non-hydrogen) atoms. The van der Waals surface area contributed by atoms with Crippen LogP contribution in [0.1, 0.15) is 37.7 Å². The molecule has 9 nitrogen and oxygen atoms in total. The Morgan fingerprint density at radius 3 is 2.74 bits per heavy atom. The van der Waals surface area contributed by atoms with Crippen LogP contribution in [-0.2, 0) is 10.0 Å². The highest BCUT2D eigenvalue weighted by Crippen LogP contribution is 2.70. The number of fused-ring (bicyclic) bond motifs is 1. The first-order valence-corrected chi connectivity index (χ1v) is 16.1. The van der Waals surface area contributed by atoms with Crippen LogP contribution in [0.25, 0.3) is 22.0 Å². The molecule has 1 unspecified atom stereocenters. The van der Waals surface area contributed by atoms with Gasteiger partial charge in [0.05, 0.1) is 22.7 Å². The number of rotatable bonds is 9. The lowest BCUT2D eigenvalue weighted by Crippen LogP contribution is -2.38. The smallest absolute Gasteiger partial charge is 0.233 e. The van der Waals surface area contributed by atoms with Gasteiger partial charge in [-0.3, -0.25) is 4.72 Å². The first-order chi connectivity index (χ1) is 20.3. The van der Waals surface area contributed by atoms with Crippen LogP contribution in [-0.4, -0.2) is 48.3 Å². The van der Waals surface area contributed by atoms with E-state index in [9.17, 15) is 8.42 Å². The lowest BCUT2D eigenvalue weighted by molar-refractivity contribution is 0.466. The van der Waals surface area contributed by atoms with Gasteiger partial charge in [0.1, 0.15) is 11.6 Å². The number of sulfonamides is 1. The molecule has 218 valence electrons. The fourth-order valence-electron chi connectivity index (χ4n) is 6.10. The van der Waals surface area contributed by atoms with Crippen molar-refractivity contribution in [2.75, 3.05) is 28.9 Å². The molecule has 7 rings (SSSR count). The van der Waals surface area contributed by atoms with Crippen molar-refractivity contribution in [1.82, 2.24) is 20.3 Å². The highest BCUT2D eigenvalue weighted by Gasteiger charge is 2.63. The molecule has 1 spiro atoms. The van der Waals surface area contributed by atoms with Crippen molar-refractivity contribution in [3.8, 4) is 22.9 Å². The largest absolute Gasteiger partial charge is 0.437 e. The monoisotopic (exact) mass is 588 g/mol. The van der Waals surface area contributed by atoms with Gasteiger partial charge in [-0.15, -0.1) is 0 Å². The third-order valence-electron chi connectivity index (χ3n) is 8.76. The molecule has 2 atom stereocenters. The van der Waals surface area contributed by atoms with E-state index in [0.29, 0.717) is 39.6 Å². The second-order valence-corrected chi connectivity index (χ2v) is 13.6. The normalized spacial score (nSPS) is 20.8. The van der Waals surface area contributed by atoms with Crippen LogP contribution in [0.3, 0.4) is 0 Å². The van der Waals surface area contributed by atoms with Gasteiger partial charge in [0.2, 0.25) is 21.9 Å². The SMILES string of the molecule is Cc1ccc2c(NS(=O)(=O)C[C@@H]3CC34CC4)c(F)ccc2c1Oc1ncccc1-c1ccnc(NC2CCCNC2)n1. The lowest BCUT2D eigenvalue weighted by Gasteiger charge is -2.23. The molecule has 2 saturated carbocycles. The number of pyridine rings is 1. The molecule has 11 heteroatoms. The maximum Gasteiger partial charge on any atom is 0.233 e. The Morgan fingerprint density at radius 1 is 1.10 bits per heavy atom. The minimum absolute atomic E-state index is 0.0162. The Balaban J connectivity index is 1.20. The summed E-state index contributed by atoms with van der Waals surface area (Å²) in [7, 11) is -3.72. The molecule has 3 fully saturated rings. The third kappa shape index (κ3) is 5.38. The summed E-state index contributed by atoms with van der Waals surface area (Å²) in [5.41, 5.74) is 2.28. The van der Waals surface area contributed by atoms with Gasteiger partial charge in [-0.1, -0.05) is 12.1 Å². The molecular formula is C31H33FN6O3S. The van der Waals surface area contributed by atoms with Crippen LogP contribution >= 0.6 is 0 Å². The van der Waals surface area contributed by atoms with E-state index in [2.05, 4.69) is 25.3 Å². The Labute approximate surface area is 244 Å². The van der Waals surface area contributed by atoms with Crippen molar-refractivity contribution in [1.29, 1.82) is 0 Å². The lowest BCUT2D eigenvalue weighted by atomic mass is 10.0. The fourth-order valence-corrected chi connectivity index (χ4v) is 7.70. The summed E-state index contributed by atoms with van der Waals surface area (Å²) in [6, 6.07) is 12.1. The van der Waals surface area contributed by atoms with Gasteiger partial charge in [0.25, 0.3) is 0 Å². The van der Waals surface area contributed by atoms with Crippen molar-refractivity contribution in [3.63, 3.8) is 0 Å². The number of nitrogens with one attached hydrogen (secondary N) is 3. The second-order valence-electron chi connectivity index (χ2n) is 11.8. The first kappa shape index (κ1) is 27.0. The summed E-state index contributed by atoms with van der Waals surface area (Å²) >= 11 is 0. The Bertz CT molecular complexity index is 1770. The van der Waals surface area contributed by atoms with Crippen LogP contribution in [0.2, 0.25) is 0 Å². The average molecular weight is 589 g/mol. The number of halogens is 1. The molecule has 0 radical (unpaired) electrons. The minimum Gasteiger partial charge on any atom is -0.437 e. The molecule has 3 heterocycles. The number of benzene rings is 2. The quantitative estimate of drug-likeness (QED) is 0.230. The summed E-state index contributed by atoms with van der Waals surface area (Å²) in [4.78, 5) is 13.6. The number of anilines is 2. The van der Waals surface area contributed by atoms with E-state index in [0.717, 1.165) is 50.8 Å². The van der Waals surface area contributed by atoms with Gasteiger partial charge < -0.3 is 15.4 Å². The molecule has 0 bridgehead atoms. The van der Waals surface area contributed by atoms with Gasteiger partial charge in [-0.2, -0.15) is 0 Å². The number of aryl methyl sites for hydroxylation is 1. The summed E-state index contributed by atoms with van der Waals surface area (Å²) in [6.45, 7) is 3.76. The fraction of sp³-hybridized carbons (Fsp3) is 0.387. The minimum atomic E-state index is -3.72. The van der Waals surface area contributed by atoms with E-state index in [-0.39, 0.29) is 28.8 Å². The second kappa shape index (κ2) is 10.5. The van der Waals surface area contributed by atoms with Crippen LogP contribution in [0.5, 0.6) is 11.6 Å². The van der Waals surface area contributed by atoms with Crippen LogP contribution in [0, 0.1) is 24.1 Å². The number of ether oxygens (including phenoxy) is 1. The number of nitrogens with zero attached hydrogens (tertiary/aromatic N) is 3. The highest BCUT2D eigenvalue weighted by atomic mass is 32.2. The van der Waals surface area contributed by atoms with Gasteiger partial charge in [-0.05, 0) is 92.8 Å². The predicted molar refractivity (Wildman–Crippen MR) is 161 cm³/mol. The summed E-state index contributed by atoms with van der Waals surface area (Å²) in [6.07, 6.45) is 8.61. The van der Waals surface area contributed by atoms with Crippen molar-refractivity contribution in [3.05, 3.63) is 66.2 Å². The molecule has 0 amide bonds. The van der Waals surface area contributed by atoms with Gasteiger partial charge in [0, 0.05) is 35.8 Å². The zero-order valence-corrected chi connectivity index (χ0v) is 24.2. The number of hydrogen-bond acceptors (Lipinski definition) is 8. The molecule has 1 aliphatic heterocycles. The zero-order valence-electron chi connectivity index (χ0n) is 23.4. The molecule has 1 saturated heterocycles. The Hall–Kier alpha value is -3.83. The molecule has 2 aliphatic carbocycles. The van der Waals surface area contributed by atoms with Crippen LogP contribution in [0.15, 0.2) is 54.9 Å². The molecule has 4 aromatic rings. The highest BCUT2D eigenvalue weighted by molar-refractivity contribution is 7.92. The molecule has 3 N–H and O–H groups in total. The van der Waals surface area contributed by atoms with Gasteiger partial charge in [-0.25, -0.2) is 27.8 Å². The van der Waals surface area contributed by atoms with Crippen molar-refractivity contribution in [2.24, 2.45) is 11.3 Å². The number of aromatic nitrogens is 3. The van der Waals surface area contributed by atoms with E-state index in [1.807, 2.05) is 19.1 Å². The van der Waals surface area contributed by atoms with E-state index < -0.39 is 15.8 Å². The van der Waals surface area contributed by atoms with Crippen molar-refractivity contribution >= 4 is 32.4 Å².